The number of carbonyl (C=O) groups excluding carboxylic acids is 1. The minimum atomic E-state index is -3.18. The molecule has 1 aliphatic rings. The Morgan fingerprint density at radius 2 is 2.31 bits per heavy atom. The van der Waals surface area contributed by atoms with Crippen molar-refractivity contribution in [3.8, 4) is 0 Å². The van der Waals surface area contributed by atoms with Crippen LogP contribution in [-0.2, 0) is 14.6 Å². The van der Waals surface area contributed by atoms with Gasteiger partial charge in [0.25, 0.3) is 0 Å². The van der Waals surface area contributed by atoms with Gasteiger partial charge in [-0.3, -0.25) is 0 Å². The van der Waals surface area contributed by atoms with E-state index in [0.717, 1.165) is 5.41 Å². The van der Waals surface area contributed by atoms with Crippen molar-refractivity contribution >= 4 is 39.1 Å². The largest absolute Gasteiger partial charge is 0.448 e. The van der Waals surface area contributed by atoms with Crippen molar-refractivity contribution in [1.29, 1.82) is 0 Å². The Labute approximate surface area is 104 Å². The van der Waals surface area contributed by atoms with Crippen LogP contribution in [0.4, 0.5) is 4.79 Å². The summed E-state index contributed by atoms with van der Waals surface area (Å²) >= 11 is 11.0. The van der Waals surface area contributed by atoms with E-state index in [1.165, 1.54) is 6.08 Å². The highest BCUT2D eigenvalue weighted by Crippen LogP contribution is 2.08. The van der Waals surface area contributed by atoms with Gasteiger partial charge in [0, 0.05) is 11.3 Å². The van der Waals surface area contributed by atoms with E-state index in [1.54, 1.807) is 0 Å². The minimum Gasteiger partial charge on any atom is -0.448 e. The first-order valence-electron chi connectivity index (χ1n) is 4.47. The highest BCUT2D eigenvalue weighted by atomic mass is 35.5. The number of amides is 1. The number of alkyl halides is 2. The van der Waals surface area contributed by atoms with Gasteiger partial charge < -0.3 is 10.1 Å². The maximum atomic E-state index is 11.2. The van der Waals surface area contributed by atoms with Crippen LogP contribution in [0.1, 0.15) is 0 Å². The smallest absolute Gasteiger partial charge is 0.407 e. The molecule has 0 fully saturated rings. The van der Waals surface area contributed by atoms with Gasteiger partial charge in [-0.2, -0.15) is 0 Å². The van der Waals surface area contributed by atoms with Gasteiger partial charge in [0.05, 0.1) is 17.2 Å². The fraction of sp³-hybridized carbons (Fsp3) is 0.625. The van der Waals surface area contributed by atoms with Crippen LogP contribution in [-0.4, -0.2) is 44.2 Å². The second kappa shape index (κ2) is 5.75. The number of hydrogen-bond acceptors (Lipinski definition) is 4. The van der Waals surface area contributed by atoms with Crippen LogP contribution >= 0.6 is 23.2 Å². The fourth-order valence-electron chi connectivity index (χ4n) is 1.07. The van der Waals surface area contributed by atoms with Crippen molar-refractivity contribution < 1.29 is 17.9 Å². The summed E-state index contributed by atoms with van der Waals surface area (Å²) in [5, 5.41) is 3.01. The normalized spacial score (nSPS) is 24.0. The predicted molar refractivity (Wildman–Crippen MR) is 61.6 cm³/mol. The Hall–Kier alpha value is -0.460. The number of halogens is 2. The number of sulfone groups is 1. The molecule has 5 nitrogen and oxygen atoms in total. The standard InChI is InChI=1S/C8H11Cl2NO4S/c9-3-6(10)4-15-8(12)11-7-1-2-16(13,14)5-7/h1-2,6-7H,3-5H2,(H,11,12)/t6-,7+/m1/s1. The van der Waals surface area contributed by atoms with E-state index in [2.05, 4.69) is 5.32 Å². The lowest BCUT2D eigenvalue weighted by Crippen LogP contribution is -2.36. The molecular formula is C8H11Cl2NO4S. The first kappa shape index (κ1) is 13.6. The maximum Gasteiger partial charge on any atom is 0.407 e. The molecule has 1 amide bonds. The quantitative estimate of drug-likeness (QED) is 0.779. The van der Waals surface area contributed by atoms with E-state index >= 15 is 0 Å². The SMILES string of the molecule is O=C(N[C@H]1C=CS(=O)(=O)C1)OC[C@H](Cl)CCl. The first-order chi connectivity index (χ1) is 7.43. The second-order valence-corrected chi connectivity index (χ2v) is 6.12. The lowest BCUT2D eigenvalue weighted by molar-refractivity contribution is 0.146. The van der Waals surface area contributed by atoms with Crippen molar-refractivity contribution in [2.45, 2.75) is 11.4 Å². The molecule has 0 saturated carbocycles. The molecule has 0 bridgehead atoms. The molecule has 0 aromatic rings. The van der Waals surface area contributed by atoms with Gasteiger partial charge in [-0.1, -0.05) is 0 Å². The van der Waals surface area contributed by atoms with Gasteiger partial charge in [0.15, 0.2) is 9.84 Å². The summed E-state index contributed by atoms with van der Waals surface area (Å²) in [5.74, 6) is 0.0362. The van der Waals surface area contributed by atoms with Crippen molar-refractivity contribution in [3.05, 3.63) is 11.5 Å². The maximum absolute atomic E-state index is 11.2. The average molecular weight is 288 g/mol. The van der Waals surface area contributed by atoms with Crippen molar-refractivity contribution in [2.24, 2.45) is 0 Å². The van der Waals surface area contributed by atoms with Crippen molar-refractivity contribution in [2.75, 3.05) is 18.2 Å². The number of rotatable bonds is 4. The molecule has 0 saturated heterocycles. The van der Waals surface area contributed by atoms with Crippen LogP contribution < -0.4 is 5.32 Å². The Morgan fingerprint density at radius 3 is 2.81 bits per heavy atom. The first-order valence-corrected chi connectivity index (χ1v) is 7.16. The number of hydrogen-bond donors (Lipinski definition) is 1. The molecule has 1 N–H and O–H groups in total. The summed E-state index contributed by atoms with van der Waals surface area (Å²) in [6.45, 7) is -0.0138. The number of ether oxygens (including phenoxy) is 1. The molecule has 16 heavy (non-hydrogen) atoms. The van der Waals surface area contributed by atoms with Crippen molar-refractivity contribution in [1.82, 2.24) is 5.32 Å². The molecule has 2 atom stereocenters. The van der Waals surface area contributed by atoms with Crippen LogP contribution in [0.15, 0.2) is 11.5 Å². The van der Waals surface area contributed by atoms with E-state index in [9.17, 15) is 13.2 Å². The van der Waals surface area contributed by atoms with E-state index in [0.29, 0.717) is 0 Å². The summed E-state index contributed by atoms with van der Waals surface area (Å²) < 4.78 is 26.8. The van der Waals surface area contributed by atoms with Crippen LogP contribution in [0.5, 0.6) is 0 Å². The van der Waals surface area contributed by atoms with E-state index in [4.69, 9.17) is 27.9 Å². The Kier molecular flexibility index (Phi) is 4.89. The minimum absolute atomic E-state index is 0.0138. The summed E-state index contributed by atoms with van der Waals surface area (Å²) in [7, 11) is -3.18. The Balaban J connectivity index is 2.29. The third-order valence-electron chi connectivity index (χ3n) is 1.80. The summed E-state index contributed by atoms with van der Waals surface area (Å²) in [5.41, 5.74) is 0. The van der Waals surface area contributed by atoms with Gasteiger partial charge in [-0.15, -0.1) is 23.2 Å². The topological polar surface area (TPSA) is 72.5 Å². The van der Waals surface area contributed by atoms with Crippen molar-refractivity contribution in [3.63, 3.8) is 0 Å². The zero-order chi connectivity index (χ0) is 12.2. The van der Waals surface area contributed by atoms with Crippen LogP contribution in [0.3, 0.4) is 0 Å². The number of carbonyl (C=O) groups is 1. The van der Waals surface area contributed by atoms with Gasteiger partial charge in [-0.05, 0) is 6.08 Å². The summed E-state index contributed by atoms with van der Waals surface area (Å²) in [6, 6.07) is -0.540. The molecule has 0 radical (unpaired) electrons. The van der Waals surface area contributed by atoms with E-state index < -0.39 is 27.3 Å². The molecule has 0 aromatic carbocycles. The fourth-order valence-corrected chi connectivity index (χ4v) is 2.46. The Bertz CT molecular complexity index is 381. The van der Waals surface area contributed by atoms with Crippen LogP contribution in [0.2, 0.25) is 0 Å². The molecule has 1 aliphatic heterocycles. The van der Waals surface area contributed by atoms with E-state index in [-0.39, 0.29) is 18.2 Å². The molecule has 92 valence electrons. The lowest BCUT2D eigenvalue weighted by Gasteiger charge is -2.11. The molecule has 8 heteroatoms. The molecule has 0 unspecified atom stereocenters. The van der Waals surface area contributed by atoms with Crippen LogP contribution in [0.25, 0.3) is 0 Å². The second-order valence-electron chi connectivity index (χ2n) is 3.26. The van der Waals surface area contributed by atoms with Gasteiger partial charge in [0.2, 0.25) is 0 Å². The molecule has 1 heterocycles. The van der Waals surface area contributed by atoms with E-state index in [1.807, 2.05) is 0 Å². The number of alkyl carbamates (subject to hydrolysis) is 1. The zero-order valence-electron chi connectivity index (χ0n) is 8.23. The Morgan fingerprint density at radius 1 is 1.62 bits per heavy atom. The highest BCUT2D eigenvalue weighted by molar-refractivity contribution is 7.94. The predicted octanol–water partition coefficient (Wildman–Crippen LogP) is 0.869. The van der Waals surface area contributed by atoms with Gasteiger partial charge in [0.1, 0.15) is 6.61 Å². The molecular weight excluding hydrogens is 277 g/mol. The van der Waals surface area contributed by atoms with Gasteiger partial charge >= 0.3 is 6.09 Å². The summed E-state index contributed by atoms with van der Waals surface area (Å²) in [4.78, 5) is 11.2. The zero-order valence-corrected chi connectivity index (χ0v) is 10.6. The molecule has 0 aromatic heterocycles. The number of nitrogens with one attached hydrogen (secondary N) is 1. The summed E-state index contributed by atoms with van der Waals surface area (Å²) in [6.07, 6.45) is 0.693. The van der Waals surface area contributed by atoms with Crippen LogP contribution in [0, 0.1) is 0 Å². The average Bonchev–Trinajstić information content (AvgIpc) is 2.54. The third kappa shape index (κ3) is 4.59. The van der Waals surface area contributed by atoms with Gasteiger partial charge in [-0.25, -0.2) is 13.2 Å². The monoisotopic (exact) mass is 287 g/mol. The lowest BCUT2D eigenvalue weighted by atomic mass is 10.3. The highest BCUT2D eigenvalue weighted by Gasteiger charge is 2.23. The molecule has 0 aliphatic carbocycles. The third-order valence-corrected chi connectivity index (χ3v) is 4.00. The molecule has 1 rings (SSSR count). The molecule has 0 spiro atoms.